The van der Waals surface area contributed by atoms with Gasteiger partial charge in [0.15, 0.2) is 0 Å². The van der Waals surface area contributed by atoms with Crippen LogP contribution in [0.3, 0.4) is 0 Å². The lowest BCUT2D eigenvalue weighted by atomic mass is 10.0. The van der Waals surface area contributed by atoms with E-state index in [1.54, 1.807) is 0 Å². The highest BCUT2D eigenvalue weighted by atomic mass is 32.2. The maximum atomic E-state index is 12.5. The number of nitrogens with one attached hydrogen (secondary N) is 1. The van der Waals surface area contributed by atoms with Crippen molar-refractivity contribution in [2.45, 2.75) is 52.0 Å². The monoisotopic (exact) mass is 343 g/mol. The van der Waals surface area contributed by atoms with E-state index in [1.165, 1.54) is 0 Å². The zero-order chi connectivity index (χ0) is 17.0. The van der Waals surface area contributed by atoms with Gasteiger partial charge in [0.2, 0.25) is 15.9 Å². The number of hydrogen-bond donors (Lipinski definition) is 1. The zero-order valence-corrected chi connectivity index (χ0v) is 14.8. The van der Waals surface area contributed by atoms with Gasteiger partial charge >= 0.3 is 0 Å². The second kappa shape index (κ2) is 7.44. The highest BCUT2D eigenvalue weighted by Gasteiger charge is 2.27. The number of likely N-dealkylation sites (tertiary alicyclic amines) is 1. The smallest absolute Gasteiger partial charge is 0.223 e. The largest absolute Gasteiger partial charge is 0.361 e. The first-order valence-electron chi connectivity index (χ1n) is 7.94. The molecule has 1 N–H and O–H groups in total. The van der Waals surface area contributed by atoms with E-state index in [-0.39, 0.29) is 18.5 Å². The molecular weight excluding hydrogens is 318 g/mol. The van der Waals surface area contributed by atoms with Gasteiger partial charge in [-0.3, -0.25) is 4.79 Å². The number of aryl methyl sites for hydroxylation is 2. The summed E-state index contributed by atoms with van der Waals surface area (Å²) in [6.45, 7) is 4.70. The number of rotatable bonds is 6. The normalized spacial score (nSPS) is 19.1. The fraction of sp³-hybridized carbons (Fsp3) is 0.733. The number of carbonyl (C=O) groups is 1. The van der Waals surface area contributed by atoms with E-state index in [1.807, 2.05) is 18.7 Å². The SMILES string of the molecule is Cc1noc(C)c1CCC(=O)N1CCCC[C@H]1CNS(C)(=O)=O. The van der Waals surface area contributed by atoms with Crippen LogP contribution in [0.25, 0.3) is 0 Å². The number of aromatic nitrogens is 1. The summed E-state index contributed by atoms with van der Waals surface area (Å²) >= 11 is 0. The van der Waals surface area contributed by atoms with Crippen molar-refractivity contribution in [1.29, 1.82) is 0 Å². The van der Waals surface area contributed by atoms with Crippen LogP contribution in [-0.2, 0) is 21.2 Å². The second-order valence-electron chi connectivity index (χ2n) is 6.16. The van der Waals surface area contributed by atoms with Gasteiger partial charge in [0, 0.05) is 31.1 Å². The van der Waals surface area contributed by atoms with E-state index in [2.05, 4.69) is 9.88 Å². The number of nitrogens with zero attached hydrogens (tertiary/aromatic N) is 2. The molecule has 1 aromatic heterocycles. The lowest BCUT2D eigenvalue weighted by molar-refractivity contribution is -0.134. The molecule has 0 aliphatic carbocycles. The van der Waals surface area contributed by atoms with Gasteiger partial charge in [-0.1, -0.05) is 5.16 Å². The molecule has 0 radical (unpaired) electrons. The van der Waals surface area contributed by atoms with Gasteiger partial charge in [0.05, 0.1) is 11.9 Å². The molecule has 1 saturated heterocycles. The van der Waals surface area contributed by atoms with Crippen LogP contribution in [0.1, 0.15) is 42.7 Å². The maximum Gasteiger partial charge on any atom is 0.223 e. The molecular formula is C15H25N3O4S. The van der Waals surface area contributed by atoms with Crippen molar-refractivity contribution in [3.8, 4) is 0 Å². The van der Waals surface area contributed by atoms with Gasteiger partial charge in [0.25, 0.3) is 0 Å². The van der Waals surface area contributed by atoms with Crippen LogP contribution >= 0.6 is 0 Å². The molecule has 2 rings (SSSR count). The molecule has 0 spiro atoms. The summed E-state index contributed by atoms with van der Waals surface area (Å²) in [4.78, 5) is 14.4. The van der Waals surface area contributed by atoms with Crippen LogP contribution in [0.15, 0.2) is 4.52 Å². The Morgan fingerprint density at radius 3 is 2.74 bits per heavy atom. The molecule has 1 fully saturated rings. The predicted molar refractivity (Wildman–Crippen MR) is 86.5 cm³/mol. The summed E-state index contributed by atoms with van der Waals surface area (Å²) in [5.41, 5.74) is 1.81. The Labute approximate surface area is 137 Å². The molecule has 0 bridgehead atoms. The minimum Gasteiger partial charge on any atom is -0.361 e. The Morgan fingerprint density at radius 1 is 1.39 bits per heavy atom. The molecule has 1 aliphatic heterocycles. The third kappa shape index (κ3) is 5.04. The first-order valence-corrected chi connectivity index (χ1v) is 9.83. The molecule has 23 heavy (non-hydrogen) atoms. The van der Waals surface area contributed by atoms with Crippen LogP contribution in [0.2, 0.25) is 0 Å². The first-order chi connectivity index (χ1) is 10.8. The van der Waals surface area contributed by atoms with Crippen molar-refractivity contribution in [2.24, 2.45) is 0 Å². The van der Waals surface area contributed by atoms with Crippen LogP contribution < -0.4 is 4.72 Å². The molecule has 7 nitrogen and oxygen atoms in total. The summed E-state index contributed by atoms with van der Waals surface area (Å²) in [5, 5.41) is 3.90. The minimum atomic E-state index is -3.24. The fourth-order valence-electron chi connectivity index (χ4n) is 3.02. The van der Waals surface area contributed by atoms with Gasteiger partial charge in [-0.2, -0.15) is 0 Å². The van der Waals surface area contributed by atoms with Gasteiger partial charge in [-0.15, -0.1) is 0 Å². The van der Waals surface area contributed by atoms with E-state index in [9.17, 15) is 13.2 Å². The number of amides is 1. The summed E-state index contributed by atoms with van der Waals surface area (Å²) in [5.74, 6) is 0.814. The van der Waals surface area contributed by atoms with Gasteiger partial charge < -0.3 is 9.42 Å². The van der Waals surface area contributed by atoms with Gasteiger partial charge in [0.1, 0.15) is 5.76 Å². The van der Waals surface area contributed by atoms with Crippen molar-refractivity contribution in [3.05, 3.63) is 17.0 Å². The van der Waals surface area contributed by atoms with E-state index in [0.717, 1.165) is 42.5 Å². The third-order valence-corrected chi connectivity index (χ3v) is 4.99. The summed E-state index contributed by atoms with van der Waals surface area (Å²) in [6.07, 6.45) is 4.94. The van der Waals surface area contributed by atoms with E-state index >= 15 is 0 Å². The lowest BCUT2D eigenvalue weighted by Crippen LogP contribution is -2.49. The Balaban J connectivity index is 1.95. The molecule has 1 aliphatic rings. The van der Waals surface area contributed by atoms with Crippen LogP contribution in [0, 0.1) is 13.8 Å². The van der Waals surface area contributed by atoms with Gasteiger partial charge in [-0.25, -0.2) is 13.1 Å². The average molecular weight is 343 g/mol. The number of carbonyl (C=O) groups excluding carboxylic acids is 1. The third-order valence-electron chi connectivity index (χ3n) is 4.30. The molecule has 0 saturated carbocycles. The summed E-state index contributed by atoms with van der Waals surface area (Å²) in [6, 6.07) is -0.0596. The first kappa shape index (κ1) is 17.9. The maximum absolute atomic E-state index is 12.5. The average Bonchev–Trinajstić information content (AvgIpc) is 2.81. The highest BCUT2D eigenvalue weighted by molar-refractivity contribution is 7.88. The molecule has 0 aromatic carbocycles. The van der Waals surface area contributed by atoms with Crippen molar-refractivity contribution >= 4 is 15.9 Å². The Morgan fingerprint density at radius 2 is 2.13 bits per heavy atom. The molecule has 0 unspecified atom stereocenters. The van der Waals surface area contributed by atoms with Gasteiger partial charge in [-0.05, 0) is 39.5 Å². The Kier molecular flexibility index (Phi) is 5.80. The quantitative estimate of drug-likeness (QED) is 0.836. The van der Waals surface area contributed by atoms with E-state index in [0.29, 0.717) is 19.4 Å². The van der Waals surface area contributed by atoms with Crippen LogP contribution in [0.4, 0.5) is 0 Å². The van der Waals surface area contributed by atoms with Crippen molar-refractivity contribution in [1.82, 2.24) is 14.8 Å². The molecule has 130 valence electrons. The van der Waals surface area contributed by atoms with Crippen LogP contribution in [-0.4, -0.2) is 49.8 Å². The fourth-order valence-corrected chi connectivity index (χ4v) is 3.52. The zero-order valence-electron chi connectivity index (χ0n) is 14.0. The Bertz CT molecular complexity index is 634. The number of piperidine rings is 1. The molecule has 1 aromatic rings. The standard InChI is InChI=1S/C15H25N3O4S/c1-11-14(12(2)22-17-11)7-8-15(19)18-9-5-4-6-13(18)10-16-23(3,20)21/h13,16H,4-10H2,1-3H3/t13-/m0/s1. The van der Waals surface area contributed by atoms with Crippen molar-refractivity contribution < 1.29 is 17.7 Å². The number of sulfonamides is 1. The topological polar surface area (TPSA) is 92.5 Å². The molecule has 8 heteroatoms. The predicted octanol–water partition coefficient (Wildman–Crippen LogP) is 1.15. The van der Waals surface area contributed by atoms with Crippen molar-refractivity contribution in [3.63, 3.8) is 0 Å². The molecule has 2 heterocycles. The van der Waals surface area contributed by atoms with E-state index in [4.69, 9.17) is 4.52 Å². The summed E-state index contributed by atoms with van der Waals surface area (Å²) in [7, 11) is -3.24. The summed E-state index contributed by atoms with van der Waals surface area (Å²) < 4.78 is 30.2. The molecule has 1 atom stereocenters. The Hall–Kier alpha value is -1.41. The minimum absolute atomic E-state index is 0.0596. The lowest BCUT2D eigenvalue weighted by Gasteiger charge is -2.36. The van der Waals surface area contributed by atoms with Crippen molar-refractivity contribution in [2.75, 3.05) is 19.3 Å². The van der Waals surface area contributed by atoms with E-state index < -0.39 is 10.0 Å². The highest BCUT2D eigenvalue weighted by Crippen LogP contribution is 2.20. The van der Waals surface area contributed by atoms with Crippen LogP contribution in [0.5, 0.6) is 0 Å². The number of hydrogen-bond acceptors (Lipinski definition) is 5. The molecule has 1 amide bonds. The second-order valence-corrected chi connectivity index (χ2v) is 7.99.